The topological polar surface area (TPSA) is 20.2 Å². The minimum atomic E-state index is -0.169. The Labute approximate surface area is 137 Å². The summed E-state index contributed by atoms with van der Waals surface area (Å²) in [5.41, 5.74) is 0. The van der Waals surface area contributed by atoms with Gasteiger partial charge in [-0.2, -0.15) is 6.08 Å². The molecule has 112 valence electrons. The van der Waals surface area contributed by atoms with Gasteiger partial charge in [-0.15, -0.1) is 13.0 Å². The van der Waals surface area contributed by atoms with Crippen molar-refractivity contribution in [3.8, 4) is 0 Å². The van der Waals surface area contributed by atoms with Crippen LogP contribution in [0.3, 0.4) is 0 Å². The summed E-state index contributed by atoms with van der Waals surface area (Å²) in [5, 5.41) is 8.64. The van der Waals surface area contributed by atoms with E-state index in [0.29, 0.717) is 0 Å². The van der Waals surface area contributed by atoms with Crippen molar-refractivity contribution < 1.29 is 30.9 Å². The maximum absolute atomic E-state index is 8.64. The summed E-state index contributed by atoms with van der Waals surface area (Å²) in [7, 11) is 0. The monoisotopic (exact) mass is 420 g/mol. The fourth-order valence-electron chi connectivity index (χ4n) is 0.699. The molecule has 0 aromatic heterocycles. The molecule has 0 aliphatic heterocycles. The maximum Gasteiger partial charge on any atom is 0.0515 e. The number of hydrogen-bond donors (Lipinski definition) is 1. The number of allylic oxidation sites excluding steroid dienone is 5. The quantitative estimate of drug-likeness (QED) is 0.393. The molecular weight excluding hydrogens is 387 g/mol. The molecule has 0 radical (unpaired) electrons. The average Bonchev–Trinajstić information content (AvgIpc) is 2.57. The van der Waals surface area contributed by atoms with E-state index in [0.717, 1.165) is 19.3 Å². The zero-order valence-corrected chi connectivity index (χ0v) is 16.8. The molecular formula is C16H32HfO-6. The minimum Gasteiger partial charge on any atom is -0.393 e. The van der Waals surface area contributed by atoms with Crippen LogP contribution < -0.4 is 0 Å². The van der Waals surface area contributed by atoms with Crippen LogP contribution in [-0.4, -0.2) is 11.2 Å². The first-order valence-electron chi connectivity index (χ1n) is 4.28. The second-order valence-electron chi connectivity index (χ2n) is 2.72. The summed E-state index contributed by atoms with van der Waals surface area (Å²) in [4.78, 5) is 0. The van der Waals surface area contributed by atoms with Gasteiger partial charge in [-0.1, -0.05) is 6.08 Å². The Morgan fingerprint density at radius 3 is 1.89 bits per heavy atom. The molecule has 1 aliphatic carbocycles. The first-order valence-corrected chi connectivity index (χ1v) is 4.28. The van der Waals surface area contributed by atoms with Crippen molar-refractivity contribution in [1.82, 2.24) is 0 Å². The van der Waals surface area contributed by atoms with Crippen molar-refractivity contribution in [2.75, 3.05) is 0 Å². The van der Waals surface area contributed by atoms with E-state index in [4.69, 9.17) is 5.11 Å². The Morgan fingerprint density at radius 1 is 1.28 bits per heavy atom. The zero-order valence-electron chi connectivity index (χ0n) is 13.2. The third kappa shape index (κ3) is 44.4. The minimum absolute atomic E-state index is 0. The maximum atomic E-state index is 8.64. The molecule has 0 heterocycles. The summed E-state index contributed by atoms with van der Waals surface area (Å²) in [6, 6.07) is 0. The van der Waals surface area contributed by atoms with Gasteiger partial charge in [0.05, 0.1) is 6.10 Å². The van der Waals surface area contributed by atoms with E-state index in [9.17, 15) is 0 Å². The standard InChI is InChI=1S/C6H12O.C5H5.5CH3.Hf/c1-3-4-5-6(2)7;1-2-4-5-3-1;;;;;;/h3,6-7H,1,4-5H2,2H3;1-3H,4H2;5*1H3;/q;6*-1;. The summed E-state index contributed by atoms with van der Waals surface area (Å²) in [6.45, 7) is 5.30. The molecule has 1 unspecified atom stereocenters. The van der Waals surface area contributed by atoms with E-state index >= 15 is 0 Å². The summed E-state index contributed by atoms with van der Waals surface area (Å²) >= 11 is 0. The Morgan fingerprint density at radius 2 is 1.78 bits per heavy atom. The average molecular weight is 419 g/mol. The predicted octanol–water partition coefficient (Wildman–Crippen LogP) is 4.89. The largest absolute Gasteiger partial charge is 0.393 e. The Bertz CT molecular complexity index is 150. The van der Waals surface area contributed by atoms with Crippen LogP contribution in [0.15, 0.2) is 30.9 Å². The van der Waals surface area contributed by atoms with Crippen molar-refractivity contribution in [1.29, 1.82) is 0 Å². The predicted molar refractivity (Wildman–Crippen MR) is 84.8 cm³/mol. The molecule has 1 rings (SSSR count). The molecule has 18 heavy (non-hydrogen) atoms. The van der Waals surface area contributed by atoms with Crippen LogP contribution in [-0.2, 0) is 25.8 Å². The summed E-state index contributed by atoms with van der Waals surface area (Å²) in [6.07, 6.45) is 13.4. The van der Waals surface area contributed by atoms with E-state index in [1.165, 1.54) is 0 Å². The number of rotatable bonds is 3. The molecule has 0 spiro atoms. The Balaban J connectivity index is -0.0000000205. The molecule has 1 aliphatic rings. The molecule has 1 atom stereocenters. The van der Waals surface area contributed by atoms with E-state index in [1.54, 1.807) is 6.92 Å². The van der Waals surface area contributed by atoms with Crippen molar-refractivity contribution in [2.24, 2.45) is 0 Å². The molecule has 0 aromatic rings. The van der Waals surface area contributed by atoms with Crippen LogP contribution >= 0.6 is 0 Å². The van der Waals surface area contributed by atoms with Gasteiger partial charge in [0.15, 0.2) is 0 Å². The van der Waals surface area contributed by atoms with E-state index in [2.05, 4.69) is 18.7 Å². The molecule has 0 bridgehead atoms. The van der Waals surface area contributed by atoms with E-state index in [1.807, 2.05) is 18.2 Å². The van der Waals surface area contributed by atoms with Gasteiger partial charge in [0.2, 0.25) is 0 Å². The van der Waals surface area contributed by atoms with Crippen molar-refractivity contribution in [3.63, 3.8) is 0 Å². The Hall–Kier alpha value is 0.0501. The molecule has 0 saturated carbocycles. The smallest absolute Gasteiger partial charge is 0.0515 e. The first-order chi connectivity index (χ1) is 5.77. The molecule has 2 heteroatoms. The molecule has 0 amide bonds. The van der Waals surface area contributed by atoms with Gasteiger partial charge in [-0.3, -0.25) is 6.08 Å². The molecule has 0 fully saturated rings. The van der Waals surface area contributed by atoms with Gasteiger partial charge in [0.25, 0.3) is 0 Å². The second-order valence-corrected chi connectivity index (χ2v) is 2.72. The molecule has 1 nitrogen and oxygen atoms in total. The second kappa shape index (κ2) is 36.0. The van der Waals surface area contributed by atoms with Crippen molar-refractivity contribution in [2.45, 2.75) is 32.3 Å². The van der Waals surface area contributed by atoms with E-state index < -0.39 is 0 Å². The first kappa shape index (κ1) is 43.0. The van der Waals surface area contributed by atoms with Crippen molar-refractivity contribution in [3.05, 3.63) is 74.1 Å². The van der Waals surface area contributed by atoms with Gasteiger partial charge in [0.1, 0.15) is 0 Å². The van der Waals surface area contributed by atoms with Gasteiger partial charge >= 0.3 is 0 Å². The Kier molecular flexibility index (Phi) is 85.9. The van der Waals surface area contributed by atoms with Gasteiger partial charge < -0.3 is 42.2 Å². The number of aliphatic hydroxyl groups excluding tert-OH is 1. The molecule has 0 aromatic carbocycles. The normalized spacial score (nSPS) is 10.1. The van der Waals surface area contributed by atoms with E-state index in [-0.39, 0.29) is 69.1 Å². The molecule has 0 saturated heterocycles. The summed E-state index contributed by atoms with van der Waals surface area (Å²) < 4.78 is 0. The van der Waals surface area contributed by atoms with Gasteiger partial charge in [0, 0.05) is 25.8 Å². The van der Waals surface area contributed by atoms with Crippen molar-refractivity contribution >= 4 is 0 Å². The number of hydrogen-bond acceptors (Lipinski definition) is 1. The fraction of sp³-hybridized carbons (Fsp3) is 0.312. The third-order valence-electron chi connectivity index (χ3n) is 1.37. The third-order valence-corrected chi connectivity index (χ3v) is 1.37. The van der Waals surface area contributed by atoms with Crippen LogP contribution in [0.5, 0.6) is 0 Å². The van der Waals surface area contributed by atoms with Gasteiger partial charge in [-0.25, -0.2) is 12.2 Å². The summed E-state index contributed by atoms with van der Waals surface area (Å²) in [5.74, 6) is 0. The SMILES string of the molecule is C=CCCC(C)O.[C-]1=CC=CC1.[CH3-].[CH3-].[CH3-].[CH3-].[CH3-].[Hf]. The van der Waals surface area contributed by atoms with Crippen LogP contribution in [0.4, 0.5) is 0 Å². The zero-order chi connectivity index (χ0) is 9.23. The van der Waals surface area contributed by atoms with Crippen LogP contribution in [0.25, 0.3) is 0 Å². The van der Waals surface area contributed by atoms with Gasteiger partial charge in [-0.05, 0) is 19.8 Å². The van der Waals surface area contributed by atoms with Crippen LogP contribution in [0, 0.1) is 43.2 Å². The van der Waals surface area contributed by atoms with Crippen LogP contribution in [0.2, 0.25) is 0 Å². The molecule has 1 N–H and O–H groups in total. The fourth-order valence-corrected chi connectivity index (χ4v) is 0.699. The number of aliphatic hydroxyl groups is 1. The van der Waals surface area contributed by atoms with Crippen LogP contribution in [0.1, 0.15) is 26.2 Å².